The summed E-state index contributed by atoms with van der Waals surface area (Å²) in [5.74, 6) is 0. The van der Waals surface area contributed by atoms with Crippen molar-refractivity contribution in [3.05, 3.63) is 58.6 Å². The molecule has 0 heterocycles. The molecular formula is C16H15ClF3N. The zero-order valence-electron chi connectivity index (χ0n) is 11.5. The Bertz CT molecular complexity index is 623. The first-order chi connectivity index (χ1) is 9.91. The summed E-state index contributed by atoms with van der Waals surface area (Å²) in [5, 5.41) is 3.71. The minimum atomic E-state index is -4.34. The van der Waals surface area contributed by atoms with Crippen LogP contribution in [0.4, 0.5) is 13.2 Å². The normalized spacial score (nSPS) is 11.7. The van der Waals surface area contributed by atoms with Gasteiger partial charge in [0, 0.05) is 11.6 Å². The first-order valence-electron chi connectivity index (χ1n) is 6.58. The van der Waals surface area contributed by atoms with Gasteiger partial charge in [-0.2, -0.15) is 13.2 Å². The van der Waals surface area contributed by atoms with Crippen LogP contribution >= 0.6 is 11.6 Å². The van der Waals surface area contributed by atoms with E-state index in [1.165, 1.54) is 6.07 Å². The highest BCUT2D eigenvalue weighted by Crippen LogP contribution is 2.33. The molecule has 0 radical (unpaired) electrons. The second kappa shape index (κ2) is 6.50. The molecule has 0 aromatic heterocycles. The summed E-state index contributed by atoms with van der Waals surface area (Å²) in [7, 11) is 0. The predicted octanol–water partition coefficient (Wildman–Crippen LogP) is 5.14. The Labute approximate surface area is 126 Å². The van der Waals surface area contributed by atoms with Crippen LogP contribution in [0.3, 0.4) is 0 Å². The van der Waals surface area contributed by atoms with Crippen molar-refractivity contribution >= 4 is 11.6 Å². The molecule has 0 aliphatic heterocycles. The van der Waals surface area contributed by atoms with Crippen molar-refractivity contribution < 1.29 is 13.2 Å². The molecule has 0 aliphatic carbocycles. The van der Waals surface area contributed by atoms with Gasteiger partial charge in [-0.05, 0) is 41.4 Å². The van der Waals surface area contributed by atoms with E-state index >= 15 is 0 Å². The predicted molar refractivity (Wildman–Crippen MR) is 79.3 cm³/mol. The maximum absolute atomic E-state index is 12.7. The summed E-state index contributed by atoms with van der Waals surface area (Å²) in [4.78, 5) is 0. The van der Waals surface area contributed by atoms with Crippen LogP contribution in [0, 0.1) is 0 Å². The number of nitrogens with one attached hydrogen (secondary N) is 1. The molecule has 0 saturated carbocycles. The molecular weight excluding hydrogens is 299 g/mol. The molecule has 0 spiro atoms. The van der Waals surface area contributed by atoms with E-state index in [1.807, 2.05) is 13.0 Å². The van der Waals surface area contributed by atoms with Gasteiger partial charge in [-0.1, -0.05) is 42.8 Å². The summed E-state index contributed by atoms with van der Waals surface area (Å²) in [6, 6.07) is 10.6. The molecule has 0 amide bonds. The Morgan fingerprint density at radius 3 is 2.38 bits per heavy atom. The van der Waals surface area contributed by atoms with E-state index in [-0.39, 0.29) is 0 Å². The second-order valence-corrected chi connectivity index (χ2v) is 5.07. The third kappa shape index (κ3) is 3.99. The van der Waals surface area contributed by atoms with Crippen molar-refractivity contribution in [3.63, 3.8) is 0 Å². The summed E-state index contributed by atoms with van der Waals surface area (Å²) in [6.45, 7) is 3.45. The number of halogens is 4. The van der Waals surface area contributed by atoms with Crippen LogP contribution in [0.25, 0.3) is 11.1 Å². The first-order valence-corrected chi connectivity index (χ1v) is 6.96. The largest absolute Gasteiger partial charge is 0.416 e. The van der Waals surface area contributed by atoms with Crippen molar-refractivity contribution in [1.29, 1.82) is 0 Å². The molecule has 0 saturated heterocycles. The van der Waals surface area contributed by atoms with E-state index in [4.69, 9.17) is 11.6 Å². The van der Waals surface area contributed by atoms with Gasteiger partial charge >= 0.3 is 6.18 Å². The lowest BCUT2D eigenvalue weighted by Gasteiger charge is -2.11. The first kappa shape index (κ1) is 15.9. The number of benzene rings is 2. The van der Waals surface area contributed by atoms with Gasteiger partial charge in [0.2, 0.25) is 0 Å². The lowest BCUT2D eigenvalue weighted by Crippen LogP contribution is -2.11. The molecule has 0 aliphatic rings. The molecule has 0 bridgehead atoms. The van der Waals surface area contributed by atoms with Crippen LogP contribution in [0.15, 0.2) is 42.5 Å². The Morgan fingerprint density at radius 1 is 1.05 bits per heavy atom. The highest BCUT2D eigenvalue weighted by Gasteiger charge is 2.30. The number of hydrogen-bond donors (Lipinski definition) is 1. The van der Waals surface area contributed by atoms with Crippen molar-refractivity contribution in [3.8, 4) is 11.1 Å². The van der Waals surface area contributed by atoms with Gasteiger partial charge in [-0.25, -0.2) is 0 Å². The Morgan fingerprint density at radius 2 is 1.76 bits per heavy atom. The Balaban J connectivity index is 2.32. The van der Waals surface area contributed by atoms with E-state index in [9.17, 15) is 13.2 Å². The number of rotatable bonds is 4. The fourth-order valence-corrected chi connectivity index (χ4v) is 2.25. The average molecular weight is 314 g/mol. The van der Waals surface area contributed by atoms with Gasteiger partial charge in [0.05, 0.1) is 5.56 Å². The van der Waals surface area contributed by atoms with Gasteiger partial charge in [0.1, 0.15) is 0 Å². The van der Waals surface area contributed by atoms with E-state index < -0.39 is 11.7 Å². The molecule has 0 atom stereocenters. The van der Waals surface area contributed by atoms with Crippen molar-refractivity contribution in [2.24, 2.45) is 0 Å². The lowest BCUT2D eigenvalue weighted by molar-refractivity contribution is -0.137. The zero-order valence-corrected chi connectivity index (χ0v) is 12.2. The minimum Gasteiger partial charge on any atom is -0.313 e. The van der Waals surface area contributed by atoms with Crippen molar-refractivity contribution in [1.82, 2.24) is 5.32 Å². The fraction of sp³-hybridized carbons (Fsp3) is 0.250. The monoisotopic (exact) mass is 313 g/mol. The molecule has 1 nitrogen and oxygen atoms in total. The van der Waals surface area contributed by atoms with Crippen LogP contribution < -0.4 is 5.32 Å². The molecule has 5 heteroatoms. The zero-order chi connectivity index (χ0) is 15.5. The Hall–Kier alpha value is -1.52. The van der Waals surface area contributed by atoms with Gasteiger partial charge in [0.25, 0.3) is 0 Å². The van der Waals surface area contributed by atoms with Gasteiger partial charge in [-0.15, -0.1) is 0 Å². The topological polar surface area (TPSA) is 12.0 Å². The van der Waals surface area contributed by atoms with Crippen molar-refractivity contribution in [2.45, 2.75) is 19.6 Å². The number of alkyl halides is 3. The lowest BCUT2D eigenvalue weighted by atomic mass is 10.0. The summed E-state index contributed by atoms with van der Waals surface area (Å²) < 4.78 is 38.2. The minimum absolute atomic E-state index is 0.502. The van der Waals surface area contributed by atoms with Gasteiger partial charge in [0.15, 0.2) is 0 Å². The van der Waals surface area contributed by atoms with Crippen LogP contribution in [0.1, 0.15) is 18.1 Å². The maximum atomic E-state index is 12.7. The quantitative estimate of drug-likeness (QED) is 0.824. The van der Waals surface area contributed by atoms with Gasteiger partial charge < -0.3 is 5.32 Å². The van der Waals surface area contributed by atoms with Crippen molar-refractivity contribution in [2.75, 3.05) is 6.54 Å². The van der Waals surface area contributed by atoms with E-state index in [1.54, 1.807) is 18.2 Å². The molecule has 112 valence electrons. The molecule has 0 fully saturated rings. The molecule has 21 heavy (non-hydrogen) atoms. The van der Waals surface area contributed by atoms with Crippen LogP contribution in [-0.4, -0.2) is 6.54 Å². The van der Waals surface area contributed by atoms with Gasteiger partial charge in [-0.3, -0.25) is 0 Å². The highest BCUT2D eigenvalue weighted by atomic mass is 35.5. The van der Waals surface area contributed by atoms with E-state index in [2.05, 4.69) is 5.32 Å². The molecule has 1 N–H and O–H groups in total. The molecule has 2 aromatic carbocycles. The maximum Gasteiger partial charge on any atom is 0.416 e. The summed E-state index contributed by atoms with van der Waals surface area (Å²) in [6.07, 6.45) is -4.34. The summed E-state index contributed by atoms with van der Waals surface area (Å²) in [5.41, 5.74) is 1.44. The SMILES string of the molecule is CCNCc1ccc(-c2cccc(C(F)(F)F)c2)cc1Cl. The molecule has 2 rings (SSSR count). The van der Waals surface area contributed by atoms with Crippen LogP contribution in [0.5, 0.6) is 0 Å². The smallest absolute Gasteiger partial charge is 0.313 e. The van der Waals surface area contributed by atoms with E-state index in [0.717, 1.165) is 24.2 Å². The van der Waals surface area contributed by atoms with Crippen LogP contribution in [-0.2, 0) is 12.7 Å². The third-order valence-electron chi connectivity index (χ3n) is 3.14. The number of hydrogen-bond acceptors (Lipinski definition) is 1. The van der Waals surface area contributed by atoms with Crippen LogP contribution in [0.2, 0.25) is 5.02 Å². The molecule has 2 aromatic rings. The average Bonchev–Trinajstić information content (AvgIpc) is 2.45. The molecule has 0 unspecified atom stereocenters. The third-order valence-corrected chi connectivity index (χ3v) is 3.49. The summed E-state index contributed by atoms with van der Waals surface area (Å²) >= 11 is 6.18. The highest BCUT2D eigenvalue weighted by molar-refractivity contribution is 6.31. The second-order valence-electron chi connectivity index (χ2n) is 4.67. The Kier molecular flexibility index (Phi) is 4.91. The standard InChI is InChI=1S/C16H15ClF3N/c1-2-21-10-13-7-6-12(9-15(13)17)11-4-3-5-14(8-11)16(18,19)20/h3-9,21H,2,10H2,1H3. The fourth-order valence-electron chi connectivity index (χ4n) is 2.00. The van der Waals surface area contributed by atoms with E-state index in [0.29, 0.717) is 22.7 Å².